The molecule has 160 valence electrons. The van der Waals surface area contributed by atoms with Gasteiger partial charge < -0.3 is 9.80 Å². The zero-order valence-corrected chi connectivity index (χ0v) is 18.7. The van der Waals surface area contributed by atoms with Gasteiger partial charge in [0.1, 0.15) is 0 Å². The maximum absolute atomic E-state index is 13.0. The van der Waals surface area contributed by atoms with Crippen LogP contribution in [-0.2, 0) is 0 Å². The van der Waals surface area contributed by atoms with Crippen LogP contribution in [0.2, 0.25) is 0 Å². The van der Waals surface area contributed by atoms with Gasteiger partial charge in [-0.2, -0.15) is 0 Å². The van der Waals surface area contributed by atoms with Gasteiger partial charge in [0, 0.05) is 43.5 Å². The van der Waals surface area contributed by atoms with Crippen LogP contribution < -0.4 is 4.90 Å². The van der Waals surface area contributed by atoms with Gasteiger partial charge in [-0.05, 0) is 54.8 Å². The standard InChI is InChI=1S/C23H29N3O3S/c1-17(2)9-14-30-22-8-7-19(16-21(22)26(28)29)23(27)25-12-10-24(11-13-25)20-6-4-5-18(3)15-20/h4-8,15-17H,9-14H2,1-3H3. The number of carbonyl (C=O) groups excluding carboxylic acids is 1. The summed E-state index contributed by atoms with van der Waals surface area (Å²) in [5.74, 6) is 1.24. The van der Waals surface area contributed by atoms with Crippen molar-refractivity contribution < 1.29 is 9.72 Å². The number of aryl methyl sites for hydroxylation is 1. The first kappa shape index (κ1) is 22.2. The molecule has 0 radical (unpaired) electrons. The van der Waals surface area contributed by atoms with Crippen LogP contribution in [0.1, 0.15) is 36.2 Å². The molecular weight excluding hydrogens is 398 g/mol. The summed E-state index contributed by atoms with van der Waals surface area (Å²) in [4.78, 5) is 28.8. The second-order valence-electron chi connectivity index (χ2n) is 8.09. The Balaban J connectivity index is 1.66. The summed E-state index contributed by atoms with van der Waals surface area (Å²) in [7, 11) is 0. The van der Waals surface area contributed by atoms with Gasteiger partial charge in [-0.3, -0.25) is 14.9 Å². The van der Waals surface area contributed by atoms with Crippen molar-refractivity contribution in [3.63, 3.8) is 0 Å². The number of amides is 1. The van der Waals surface area contributed by atoms with E-state index in [1.807, 2.05) is 6.07 Å². The van der Waals surface area contributed by atoms with E-state index < -0.39 is 0 Å². The molecule has 1 aliphatic rings. The second-order valence-corrected chi connectivity index (χ2v) is 9.23. The Hall–Kier alpha value is -2.54. The molecule has 7 heteroatoms. The average Bonchev–Trinajstić information content (AvgIpc) is 2.73. The Kier molecular flexibility index (Phi) is 7.37. The third-order valence-corrected chi connectivity index (χ3v) is 6.39. The van der Waals surface area contributed by atoms with Gasteiger partial charge in [0.25, 0.3) is 11.6 Å². The summed E-state index contributed by atoms with van der Waals surface area (Å²) in [6, 6.07) is 13.2. The fourth-order valence-electron chi connectivity index (χ4n) is 3.49. The first-order valence-electron chi connectivity index (χ1n) is 10.4. The minimum Gasteiger partial charge on any atom is -0.368 e. The molecule has 0 aliphatic carbocycles. The number of rotatable bonds is 7. The number of carbonyl (C=O) groups is 1. The van der Waals surface area contributed by atoms with Crippen LogP contribution in [0, 0.1) is 23.0 Å². The largest absolute Gasteiger partial charge is 0.368 e. The zero-order chi connectivity index (χ0) is 21.7. The summed E-state index contributed by atoms with van der Waals surface area (Å²) < 4.78 is 0. The molecule has 2 aromatic carbocycles. The van der Waals surface area contributed by atoms with Crippen LogP contribution in [0.5, 0.6) is 0 Å². The molecule has 1 aliphatic heterocycles. The fraction of sp³-hybridized carbons (Fsp3) is 0.435. The lowest BCUT2D eigenvalue weighted by molar-refractivity contribution is -0.387. The van der Waals surface area contributed by atoms with Gasteiger partial charge in [-0.15, -0.1) is 11.8 Å². The molecule has 1 amide bonds. The number of thioether (sulfide) groups is 1. The molecule has 0 aromatic heterocycles. The highest BCUT2D eigenvalue weighted by molar-refractivity contribution is 7.99. The van der Waals surface area contributed by atoms with Crippen LogP contribution in [0.3, 0.4) is 0 Å². The molecular formula is C23H29N3O3S. The molecule has 0 N–H and O–H groups in total. The van der Waals surface area contributed by atoms with Gasteiger partial charge in [0.15, 0.2) is 0 Å². The first-order chi connectivity index (χ1) is 14.3. The van der Waals surface area contributed by atoms with Crippen LogP contribution in [0.15, 0.2) is 47.4 Å². The van der Waals surface area contributed by atoms with Crippen molar-refractivity contribution in [2.75, 3.05) is 36.8 Å². The Morgan fingerprint density at radius 3 is 2.50 bits per heavy atom. The number of nitro benzene ring substituents is 1. The highest BCUT2D eigenvalue weighted by Crippen LogP contribution is 2.31. The highest BCUT2D eigenvalue weighted by Gasteiger charge is 2.25. The topological polar surface area (TPSA) is 66.7 Å². The lowest BCUT2D eigenvalue weighted by Crippen LogP contribution is -2.48. The summed E-state index contributed by atoms with van der Waals surface area (Å²) in [5.41, 5.74) is 2.79. The smallest absolute Gasteiger partial charge is 0.283 e. The molecule has 0 bridgehead atoms. The predicted octanol–water partition coefficient (Wildman–Crippen LogP) is 5.00. The van der Waals surface area contributed by atoms with E-state index in [9.17, 15) is 14.9 Å². The summed E-state index contributed by atoms with van der Waals surface area (Å²) in [5, 5.41) is 11.6. The van der Waals surface area contributed by atoms with E-state index in [0.29, 0.717) is 29.5 Å². The Morgan fingerprint density at radius 1 is 1.13 bits per heavy atom. The van der Waals surface area contributed by atoms with Gasteiger partial charge in [-0.1, -0.05) is 26.0 Å². The monoisotopic (exact) mass is 427 g/mol. The van der Waals surface area contributed by atoms with Crippen molar-refractivity contribution in [1.29, 1.82) is 0 Å². The van der Waals surface area contributed by atoms with E-state index in [4.69, 9.17) is 0 Å². The molecule has 0 spiro atoms. The minimum atomic E-state index is -0.385. The number of hydrogen-bond donors (Lipinski definition) is 0. The van der Waals surface area contributed by atoms with Gasteiger partial charge in [0.05, 0.1) is 9.82 Å². The second kappa shape index (κ2) is 9.98. The van der Waals surface area contributed by atoms with E-state index in [1.165, 1.54) is 29.1 Å². The number of piperazine rings is 1. The number of anilines is 1. The summed E-state index contributed by atoms with van der Waals surface area (Å²) >= 11 is 1.49. The third-order valence-electron chi connectivity index (χ3n) is 5.29. The van der Waals surface area contributed by atoms with Crippen molar-refractivity contribution in [2.45, 2.75) is 32.1 Å². The zero-order valence-electron chi connectivity index (χ0n) is 17.8. The number of nitro groups is 1. The maximum atomic E-state index is 13.0. The predicted molar refractivity (Wildman–Crippen MR) is 123 cm³/mol. The fourth-order valence-corrected chi connectivity index (χ4v) is 4.75. The van der Waals surface area contributed by atoms with E-state index in [-0.39, 0.29) is 16.5 Å². The summed E-state index contributed by atoms with van der Waals surface area (Å²) in [6.45, 7) is 9.05. The minimum absolute atomic E-state index is 0.0213. The van der Waals surface area contributed by atoms with Crippen molar-refractivity contribution in [3.8, 4) is 0 Å². The van der Waals surface area contributed by atoms with E-state index >= 15 is 0 Å². The SMILES string of the molecule is Cc1cccc(N2CCN(C(=O)c3ccc(SCCC(C)C)c([N+](=O)[O-])c3)CC2)c1. The third kappa shape index (κ3) is 5.53. The van der Waals surface area contributed by atoms with E-state index in [1.54, 1.807) is 17.0 Å². The van der Waals surface area contributed by atoms with Gasteiger partial charge >= 0.3 is 0 Å². The van der Waals surface area contributed by atoms with Crippen molar-refractivity contribution >= 4 is 29.0 Å². The Labute approximate surface area is 182 Å². The Morgan fingerprint density at radius 2 is 1.87 bits per heavy atom. The molecule has 2 aromatic rings. The lowest BCUT2D eigenvalue weighted by atomic mass is 10.1. The number of hydrogen-bond acceptors (Lipinski definition) is 5. The molecule has 1 fully saturated rings. The van der Waals surface area contributed by atoms with Crippen LogP contribution in [0.25, 0.3) is 0 Å². The maximum Gasteiger partial charge on any atom is 0.283 e. The molecule has 30 heavy (non-hydrogen) atoms. The average molecular weight is 428 g/mol. The van der Waals surface area contributed by atoms with Crippen LogP contribution in [0.4, 0.5) is 11.4 Å². The lowest BCUT2D eigenvalue weighted by Gasteiger charge is -2.36. The molecule has 0 unspecified atom stereocenters. The highest BCUT2D eigenvalue weighted by atomic mass is 32.2. The van der Waals surface area contributed by atoms with Crippen molar-refractivity contribution in [3.05, 3.63) is 63.7 Å². The van der Waals surface area contributed by atoms with Crippen molar-refractivity contribution in [2.24, 2.45) is 5.92 Å². The molecule has 3 rings (SSSR count). The van der Waals surface area contributed by atoms with E-state index in [0.717, 1.165) is 25.3 Å². The van der Waals surface area contributed by atoms with Crippen LogP contribution >= 0.6 is 11.8 Å². The van der Waals surface area contributed by atoms with Gasteiger partial charge in [-0.25, -0.2) is 0 Å². The molecule has 1 saturated heterocycles. The summed E-state index contributed by atoms with van der Waals surface area (Å²) in [6.07, 6.45) is 0.994. The molecule has 1 heterocycles. The molecule has 0 atom stereocenters. The molecule has 0 saturated carbocycles. The number of nitrogens with zero attached hydrogens (tertiary/aromatic N) is 3. The first-order valence-corrected chi connectivity index (χ1v) is 11.4. The van der Waals surface area contributed by atoms with Crippen LogP contribution in [-0.4, -0.2) is 47.7 Å². The quantitative estimate of drug-likeness (QED) is 0.353. The van der Waals surface area contributed by atoms with Gasteiger partial charge in [0.2, 0.25) is 0 Å². The van der Waals surface area contributed by atoms with Crippen molar-refractivity contribution in [1.82, 2.24) is 4.90 Å². The molecule has 6 nitrogen and oxygen atoms in total. The Bertz CT molecular complexity index is 908. The normalized spacial score (nSPS) is 14.3. The van der Waals surface area contributed by atoms with E-state index in [2.05, 4.69) is 43.9 Å². The number of benzene rings is 2.